The van der Waals surface area contributed by atoms with E-state index >= 15 is 0 Å². The summed E-state index contributed by atoms with van der Waals surface area (Å²) in [5, 5.41) is 4.52. The first-order valence-electron chi connectivity index (χ1n) is 8.91. The molecule has 0 spiro atoms. The zero-order chi connectivity index (χ0) is 18.6. The first kappa shape index (κ1) is 16.9. The largest absolute Gasteiger partial charge is 0.497 e. The van der Waals surface area contributed by atoms with Crippen molar-refractivity contribution in [3.63, 3.8) is 0 Å². The lowest BCUT2D eigenvalue weighted by Crippen LogP contribution is -2.14. The van der Waals surface area contributed by atoms with Crippen LogP contribution in [-0.4, -0.2) is 29.9 Å². The number of hydrogen-bond acceptors (Lipinski definition) is 4. The number of ether oxygens (including phenoxy) is 2. The number of fused-ring (bicyclic) bond motifs is 3. The molecule has 0 saturated heterocycles. The van der Waals surface area contributed by atoms with E-state index < -0.39 is 0 Å². The fraction of sp³-hybridized carbons (Fsp3) is 0.429. The van der Waals surface area contributed by atoms with Gasteiger partial charge in [-0.05, 0) is 48.8 Å². The highest BCUT2D eigenvalue weighted by molar-refractivity contribution is 5.94. The van der Waals surface area contributed by atoms with Crippen LogP contribution in [0.1, 0.15) is 47.1 Å². The van der Waals surface area contributed by atoms with Crippen LogP contribution in [-0.2, 0) is 6.42 Å². The Balaban J connectivity index is 1.60. The van der Waals surface area contributed by atoms with Crippen LogP contribution in [0.25, 0.3) is 6.08 Å². The fourth-order valence-electron chi connectivity index (χ4n) is 4.46. The quantitative estimate of drug-likeness (QED) is 0.784. The van der Waals surface area contributed by atoms with Crippen molar-refractivity contribution in [2.24, 2.45) is 11.3 Å². The predicted octanol–water partition coefficient (Wildman–Crippen LogP) is 3.86. The van der Waals surface area contributed by atoms with Gasteiger partial charge in [0.2, 0.25) is 0 Å². The molecule has 1 aromatic carbocycles. The van der Waals surface area contributed by atoms with Crippen LogP contribution in [0.5, 0.6) is 11.5 Å². The third kappa shape index (κ3) is 2.37. The minimum absolute atomic E-state index is 0.119. The van der Waals surface area contributed by atoms with Gasteiger partial charge in [0.05, 0.1) is 25.6 Å². The summed E-state index contributed by atoms with van der Waals surface area (Å²) in [5.41, 5.74) is 4.55. The minimum atomic E-state index is -0.119. The van der Waals surface area contributed by atoms with Crippen LogP contribution in [0.4, 0.5) is 0 Å². The zero-order valence-electron chi connectivity index (χ0n) is 15.9. The van der Waals surface area contributed by atoms with Crippen LogP contribution >= 0.6 is 0 Å². The van der Waals surface area contributed by atoms with Crippen molar-refractivity contribution < 1.29 is 14.3 Å². The molecule has 0 aliphatic heterocycles. The van der Waals surface area contributed by atoms with Crippen LogP contribution in [0.3, 0.4) is 0 Å². The monoisotopic (exact) mass is 352 g/mol. The Kier molecular flexibility index (Phi) is 3.72. The minimum Gasteiger partial charge on any atom is -0.497 e. The van der Waals surface area contributed by atoms with E-state index in [-0.39, 0.29) is 5.91 Å². The first-order chi connectivity index (χ1) is 12.4. The fourth-order valence-corrected chi connectivity index (χ4v) is 4.46. The summed E-state index contributed by atoms with van der Waals surface area (Å²) in [4.78, 5) is 12.7. The van der Waals surface area contributed by atoms with E-state index in [9.17, 15) is 4.79 Å². The second kappa shape index (κ2) is 5.73. The lowest BCUT2D eigenvalue weighted by molar-refractivity contribution is 0.0951. The Morgan fingerprint density at radius 3 is 2.77 bits per heavy atom. The molecule has 4 rings (SSSR count). The summed E-state index contributed by atoms with van der Waals surface area (Å²) >= 11 is 0. The van der Waals surface area contributed by atoms with Crippen LogP contribution in [0, 0.1) is 18.3 Å². The van der Waals surface area contributed by atoms with E-state index in [0.29, 0.717) is 28.7 Å². The van der Waals surface area contributed by atoms with E-state index in [1.54, 1.807) is 37.1 Å². The number of carbonyl (C=O) groups excluding carboxylic acids is 1. The number of nitrogens with zero attached hydrogens (tertiary/aromatic N) is 2. The molecule has 2 aromatic rings. The van der Waals surface area contributed by atoms with Crippen molar-refractivity contribution in [2.45, 2.75) is 33.1 Å². The second-order valence-corrected chi connectivity index (χ2v) is 7.75. The van der Waals surface area contributed by atoms with Crippen molar-refractivity contribution in [3.05, 3.63) is 46.8 Å². The van der Waals surface area contributed by atoms with Gasteiger partial charge in [-0.15, -0.1) is 0 Å². The molecule has 0 radical (unpaired) electrons. The topological polar surface area (TPSA) is 53.4 Å². The molecule has 2 atom stereocenters. The Morgan fingerprint density at radius 1 is 1.31 bits per heavy atom. The van der Waals surface area contributed by atoms with Crippen molar-refractivity contribution in [1.29, 1.82) is 0 Å². The molecule has 1 fully saturated rings. The van der Waals surface area contributed by atoms with E-state index in [2.05, 4.69) is 18.9 Å². The van der Waals surface area contributed by atoms with E-state index in [0.717, 1.165) is 23.4 Å². The molecule has 0 N–H and O–H groups in total. The van der Waals surface area contributed by atoms with E-state index in [4.69, 9.17) is 9.47 Å². The van der Waals surface area contributed by atoms with Crippen molar-refractivity contribution in [3.8, 4) is 11.5 Å². The molecule has 1 saturated carbocycles. The maximum Gasteiger partial charge on any atom is 0.271 e. The van der Waals surface area contributed by atoms with Gasteiger partial charge in [-0.1, -0.05) is 13.8 Å². The summed E-state index contributed by atoms with van der Waals surface area (Å²) in [5.74, 6) is 2.47. The molecule has 0 bridgehead atoms. The van der Waals surface area contributed by atoms with Crippen molar-refractivity contribution in [1.82, 2.24) is 9.78 Å². The maximum absolute atomic E-state index is 12.7. The number of aromatic nitrogens is 2. The lowest BCUT2D eigenvalue weighted by Gasteiger charge is -2.09. The molecular formula is C21H24N2O3. The Morgan fingerprint density at radius 2 is 2.08 bits per heavy atom. The Hall–Kier alpha value is -2.56. The van der Waals surface area contributed by atoms with E-state index in [1.165, 1.54) is 5.56 Å². The van der Waals surface area contributed by atoms with Gasteiger partial charge in [0, 0.05) is 23.3 Å². The summed E-state index contributed by atoms with van der Waals surface area (Å²) in [6.45, 7) is 6.62. The lowest BCUT2D eigenvalue weighted by atomic mass is 9.98. The van der Waals surface area contributed by atoms with Gasteiger partial charge >= 0.3 is 0 Å². The third-order valence-corrected chi connectivity index (χ3v) is 6.04. The molecule has 5 nitrogen and oxygen atoms in total. The molecule has 0 amide bonds. The molecule has 1 aromatic heterocycles. The number of hydrogen-bond donors (Lipinski definition) is 0. The highest BCUT2D eigenvalue weighted by Gasteiger charge is 2.63. The van der Waals surface area contributed by atoms with Gasteiger partial charge in [0.25, 0.3) is 5.91 Å². The SMILES string of the molecule is COc1ccc(C=CC(=O)n2nc(C)c3c2C[C@H]2[C@H]3C2(C)C)c(OC)c1. The Bertz CT molecular complexity index is 924. The highest BCUT2D eigenvalue weighted by atomic mass is 16.5. The van der Waals surface area contributed by atoms with Gasteiger partial charge in [-0.25, -0.2) is 4.68 Å². The number of rotatable bonds is 4. The molecule has 5 heteroatoms. The third-order valence-electron chi connectivity index (χ3n) is 6.04. The molecule has 0 unspecified atom stereocenters. The average Bonchev–Trinajstić information content (AvgIpc) is 2.98. The van der Waals surface area contributed by atoms with Crippen molar-refractivity contribution >= 4 is 12.0 Å². The molecule has 26 heavy (non-hydrogen) atoms. The number of methoxy groups -OCH3 is 2. The van der Waals surface area contributed by atoms with Gasteiger partial charge in [-0.3, -0.25) is 4.79 Å². The van der Waals surface area contributed by atoms with E-state index in [1.807, 2.05) is 19.1 Å². The number of aryl methyl sites for hydroxylation is 1. The summed E-state index contributed by atoms with van der Waals surface area (Å²) in [6, 6.07) is 5.52. The Labute approximate surface area is 153 Å². The zero-order valence-corrected chi connectivity index (χ0v) is 15.9. The number of allylic oxidation sites excluding steroid dienone is 1. The highest BCUT2D eigenvalue weighted by Crippen LogP contribution is 2.70. The maximum atomic E-state index is 12.7. The smallest absolute Gasteiger partial charge is 0.271 e. The standard InChI is InChI=1S/C21H24N2O3/c1-12-19-16(11-15-20(19)21(15,2)3)23(22-12)18(24)9-7-13-6-8-14(25-4)10-17(13)26-5/h6-10,15,20H,11H2,1-5H3/t15-,20+/m0/s1. The van der Waals surface area contributed by atoms with Crippen LogP contribution in [0.15, 0.2) is 24.3 Å². The average molecular weight is 352 g/mol. The number of benzene rings is 1. The number of carbonyl (C=O) groups is 1. The van der Waals surface area contributed by atoms with Gasteiger partial charge in [0.15, 0.2) is 0 Å². The second-order valence-electron chi connectivity index (χ2n) is 7.75. The van der Waals surface area contributed by atoms with Crippen LogP contribution in [0.2, 0.25) is 0 Å². The molecule has 136 valence electrons. The summed E-state index contributed by atoms with van der Waals surface area (Å²) < 4.78 is 12.2. The van der Waals surface area contributed by atoms with Gasteiger partial charge in [-0.2, -0.15) is 5.10 Å². The molecular weight excluding hydrogens is 328 g/mol. The molecule has 2 aliphatic carbocycles. The molecule has 2 aliphatic rings. The summed E-state index contributed by atoms with van der Waals surface area (Å²) in [6.07, 6.45) is 4.27. The van der Waals surface area contributed by atoms with Crippen LogP contribution < -0.4 is 9.47 Å². The first-order valence-corrected chi connectivity index (χ1v) is 8.91. The molecule has 1 heterocycles. The summed E-state index contributed by atoms with van der Waals surface area (Å²) in [7, 11) is 3.21. The van der Waals surface area contributed by atoms with Crippen molar-refractivity contribution in [2.75, 3.05) is 14.2 Å². The predicted molar refractivity (Wildman–Crippen MR) is 99.9 cm³/mol. The van der Waals surface area contributed by atoms with Gasteiger partial charge < -0.3 is 9.47 Å². The van der Waals surface area contributed by atoms with Gasteiger partial charge in [0.1, 0.15) is 11.5 Å². The normalized spacial score (nSPS) is 22.2.